The molecule has 0 aliphatic carbocycles. The third-order valence-electron chi connectivity index (χ3n) is 5.66. The summed E-state index contributed by atoms with van der Waals surface area (Å²) in [6, 6.07) is 7.58. The second-order valence-electron chi connectivity index (χ2n) is 9.59. The summed E-state index contributed by atoms with van der Waals surface area (Å²) in [5.74, 6) is -0.310. The van der Waals surface area contributed by atoms with Gasteiger partial charge in [-0.3, -0.25) is 14.4 Å². The molecule has 36 heavy (non-hydrogen) atoms. The molecule has 1 saturated heterocycles. The Bertz CT molecular complexity index is 1010. The Labute approximate surface area is 222 Å². The normalized spacial score (nSPS) is 16.2. The van der Waals surface area contributed by atoms with Crippen molar-refractivity contribution in [2.24, 2.45) is 0 Å². The van der Waals surface area contributed by atoms with Crippen molar-refractivity contribution in [2.75, 3.05) is 13.1 Å². The van der Waals surface area contributed by atoms with Crippen LogP contribution in [0.3, 0.4) is 0 Å². The fourth-order valence-corrected chi connectivity index (χ4v) is 6.37. The lowest BCUT2D eigenvalue weighted by Gasteiger charge is -2.36. The van der Waals surface area contributed by atoms with Crippen LogP contribution in [-0.4, -0.2) is 68.4 Å². The number of thioether (sulfide) groups is 1. The summed E-state index contributed by atoms with van der Waals surface area (Å²) >= 11 is 3.31. The Kier molecular flexibility index (Phi) is 11.4. The average Bonchev–Trinajstić information content (AvgIpc) is 3.43. The first-order valence-electron chi connectivity index (χ1n) is 12.0. The van der Waals surface area contributed by atoms with Crippen LogP contribution in [0.2, 0.25) is 0 Å². The van der Waals surface area contributed by atoms with Crippen LogP contribution in [0.25, 0.3) is 10.4 Å². The molecule has 8 nitrogen and oxygen atoms in total. The standard InChI is InChI=1S/C14H26N2O3S.C12H12N2OS/c1-9(2)20-14(4,5)12(15-10(3)17)13(19)16-7-6-11(18)8-16;1-9-12(16-8-14-9)11-4-2-10(3-5-11)6-13-7-15/h9,11-12,18H,6-8H2,1-5H3,(H,15,17);2-5,7-8H,6H2,1H3,(H,13,15). The molecule has 3 N–H and O–H groups in total. The van der Waals surface area contributed by atoms with E-state index in [-0.39, 0.29) is 11.8 Å². The van der Waals surface area contributed by atoms with E-state index >= 15 is 0 Å². The van der Waals surface area contributed by atoms with E-state index in [1.807, 2.05) is 38.4 Å². The lowest BCUT2D eigenvalue weighted by Crippen LogP contribution is -2.57. The SMILES string of the molecule is CC(=O)NC(C(=O)N1CCC(O)C1)C(C)(C)SC(C)C.Cc1ncsc1-c1ccc(CNC=O)cc1. The zero-order valence-corrected chi connectivity index (χ0v) is 23.5. The van der Waals surface area contributed by atoms with Crippen LogP contribution < -0.4 is 10.6 Å². The van der Waals surface area contributed by atoms with Crippen molar-refractivity contribution in [3.8, 4) is 10.4 Å². The number of carbonyl (C=O) groups is 3. The first kappa shape index (κ1) is 29.8. The number of hydrogen-bond donors (Lipinski definition) is 3. The highest BCUT2D eigenvalue weighted by molar-refractivity contribution is 8.01. The minimum atomic E-state index is -0.572. The maximum absolute atomic E-state index is 12.6. The molecular formula is C26H38N4O4S2. The third kappa shape index (κ3) is 8.90. The Balaban J connectivity index is 0.000000259. The van der Waals surface area contributed by atoms with Crippen LogP contribution in [-0.2, 0) is 20.9 Å². The molecule has 0 bridgehead atoms. The van der Waals surface area contributed by atoms with Crippen molar-refractivity contribution in [1.82, 2.24) is 20.5 Å². The van der Waals surface area contributed by atoms with E-state index in [2.05, 4.69) is 41.6 Å². The number of β-amino-alcohol motifs (C(OH)–C–C–N with tert-alkyl or cyclic N) is 1. The summed E-state index contributed by atoms with van der Waals surface area (Å²) in [5, 5.41) is 15.4. The van der Waals surface area contributed by atoms with Crippen LogP contribution >= 0.6 is 23.1 Å². The number of aryl methyl sites for hydroxylation is 1. The summed E-state index contributed by atoms with van der Waals surface area (Å²) < 4.78 is -0.398. The van der Waals surface area contributed by atoms with Gasteiger partial charge in [-0.25, -0.2) is 4.98 Å². The zero-order valence-electron chi connectivity index (χ0n) is 21.9. The Morgan fingerprint density at radius 3 is 2.44 bits per heavy atom. The molecule has 198 valence electrons. The van der Waals surface area contributed by atoms with Gasteiger partial charge >= 0.3 is 0 Å². The number of nitrogens with one attached hydrogen (secondary N) is 2. The van der Waals surface area contributed by atoms with Gasteiger partial charge in [-0.05, 0) is 43.6 Å². The smallest absolute Gasteiger partial charge is 0.246 e. The summed E-state index contributed by atoms with van der Waals surface area (Å²) in [6.07, 6.45) is 0.871. The van der Waals surface area contributed by atoms with Gasteiger partial charge in [-0.1, -0.05) is 38.1 Å². The van der Waals surface area contributed by atoms with Gasteiger partial charge in [0.05, 0.1) is 22.2 Å². The Hall–Kier alpha value is -2.43. The number of amides is 3. The second kappa shape index (κ2) is 13.8. The number of benzene rings is 1. The number of aliphatic hydroxyl groups excluding tert-OH is 1. The minimum Gasteiger partial charge on any atom is -0.391 e. The summed E-state index contributed by atoms with van der Waals surface area (Å²) in [4.78, 5) is 41.3. The van der Waals surface area contributed by atoms with Gasteiger partial charge in [-0.2, -0.15) is 11.8 Å². The Morgan fingerprint density at radius 2 is 1.97 bits per heavy atom. The van der Waals surface area contributed by atoms with Crippen LogP contribution in [0.15, 0.2) is 29.8 Å². The molecule has 3 amide bonds. The molecule has 0 spiro atoms. The lowest BCUT2D eigenvalue weighted by molar-refractivity contribution is -0.136. The van der Waals surface area contributed by atoms with Crippen molar-refractivity contribution in [3.63, 3.8) is 0 Å². The van der Waals surface area contributed by atoms with Gasteiger partial charge in [0.25, 0.3) is 0 Å². The van der Waals surface area contributed by atoms with Crippen LogP contribution in [0, 0.1) is 6.92 Å². The van der Waals surface area contributed by atoms with Crippen molar-refractivity contribution in [2.45, 2.75) is 76.7 Å². The summed E-state index contributed by atoms with van der Waals surface area (Å²) in [7, 11) is 0. The van der Waals surface area contributed by atoms with E-state index in [1.165, 1.54) is 17.4 Å². The third-order valence-corrected chi connectivity index (χ3v) is 7.95. The number of hydrogen-bond acceptors (Lipinski definition) is 7. The highest BCUT2D eigenvalue weighted by Crippen LogP contribution is 2.33. The molecular weight excluding hydrogens is 496 g/mol. The van der Waals surface area contributed by atoms with E-state index in [0.717, 1.165) is 11.3 Å². The van der Waals surface area contributed by atoms with E-state index in [0.29, 0.717) is 37.7 Å². The van der Waals surface area contributed by atoms with Gasteiger partial charge < -0.3 is 20.6 Å². The van der Waals surface area contributed by atoms with Gasteiger partial charge in [0.2, 0.25) is 18.2 Å². The molecule has 1 aromatic carbocycles. The van der Waals surface area contributed by atoms with E-state index in [4.69, 9.17) is 0 Å². The molecule has 2 aromatic rings. The predicted molar refractivity (Wildman–Crippen MR) is 147 cm³/mol. The summed E-state index contributed by atoms with van der Waals surface area (Å²) in [5.41, 5.74) is 5.18. The van der Waals surface area contributed by atoms with Crippen LogP contribution in [0.5, 0.6) is 0 Å². The van der Waals surface area contributed by atoms with Gasteiger partial charge in [0.15, 0.2) is 0 Å². The Morgan fingerprint density at radius 1 is 1.31 bits per heavy atom. The first-order valence-corrected chi connectivity index (χ1v) is 13.8. The first-order chi connectivity index (χ1) is 16.9. The molecule has 2 unspecified atom stereocenters. The number of rotatable bonds is 9. The topological polar surface area (TPSA) is 112 Å². The zero-order chi connectivity index (χ0) is 26.9. The van der Waals surface area contributed by atoms with E-state index < -0.39 is 16.9 Å². The number of aromatic nitrogens is 1. The lowest BCUT2D eigenvalue weighted by atomic mass is 10.0. The minimum absolute atomic E-state index is 0.102. The fourth-order valence-electron chi connectivity index (χ4n) is 4.05. The molecule has 1 aliphatic heterocycles. The number of nitrogens with zero attached hydrogens (tertiary/aromatic N) is 2. The molecule has 10 heteroatoms. The van der Waals surface area contributed by atoms with Crippen molar-refractivity contribution >= 4 is 41.3 Å². The molecule has 2 atom stereocenters. The van der Waals surface area contributed by atoms with Gasteiger partial charge in [-0.15, -0.1) is 11.3 Å². The van der Waals surface area contributed by atoms with Crippen LogP contribution in [0.1, 0.15) is 52.3 Å². The maximum Gasteiger partial charge on any atom is 0.246 e. The quantitative estimate of drug-likeness (QED) is 0.426. The molecule has 0 radical (unpaired) electrons. The van der Waals surface area contributed by atoms with E-state index in [9.17, 15) is 19.5 Å². The number of carbonyl (C=O) groups excluding carboxylic acids is 3. The molecule has 3 rings (SSSR count). The van der Waals surface area contributed by atoms with Crippen molar-refractivity contribution < 1.29 is 19.5 Å². The highest BCUT2D eigenvalue weighted by Gasteiger charge is 2.40. The van der Waals surface area contributed by atoms with Gasteiger partial charge in [0, 0.05) is 31.3 Å². The monoisotopic (exact) mass is 534 g/mol. The van der Waals surface area contributed by atoms with Crippen molar-refractivity contribution in [3.05, 3.63) is 41.0 Å². The average molecular weight is 535 g/mol. The van der Waals surface area contributed by atoms with Gasteiger partial charge in [0.1, 0.15) is 6.04 Å². The number of aliphatic hydroxyl groups is 1. The molecule has 1 fully saturated rings. The molecule has 1 aliphatic rings. The highest BCUT2D eigenvalue weighted by atomic mass is 32.2. The molecule has 1 aromatic heterocycles. The fraction of sp³-hybridized carbons (Fsp3) is 0.538. The number of likely N-dealkylation sites (tertiary alicyclic amines) is 1. The largest absolute Gasteiger partial charge is 0.391 e. The molecule has 0 saturated carbocycles. The molecule has 2 heterocycles. The van der Waals surface area contributed by atoms with E-state index in [1.54, 1.807) is 28.0 Å². The maximum atomic E-state index is 12.6. The summed E-state index contributed by atoms with van der Waals surface area (Å²) in [6.45, 7) is 13.0. The number of thiazole rings is 1. The van der Waals surface area contributed by atoms with Crippen LogP contribution in [0.4, 0.5) is 0 Å². The van der Waals surface area contributed by atoms with Crippen molar-refractivity contribution in [1.29, 1.82) is 0 Å². The predicted octanol–water partition coefficient (Wildman–Crippen LogP) is 3.37. The second-order valence-corrected chi connectivity index (χ2v) is 12.7.